The molecule has 1 atom stereocenters. The van der Waals surface area contributed by atoms with Gasteiger partial charge in [0.25, 0.3) is 0 Å². The van der Waals surface area contributed by atoms with Crippen LogP contribution in [-0.4, -0.2) is 36.6 Å². The van der Waals surface area contributed by atoms with Crippen molar-refractivity contribution in [3.8, 4) is 11.8 Å². The molecule has 16 heavy (non-hydrogen) atoms. The maximum Gasteiger partial charge on any atom is 0.302 e. The van der Waals surface area contributed by atoms with Crippen molar-refractivity contribution >= 4 is 5.97 Å². The number of carbonyl (C=O) groups is 1. The fraction of sp³-hybridized carbons (Fsp3) is 0.769. The summed E-state index contributed by atoms with van der Waals surface area (Å²) in [6.07, 6.45) is 4.49. The van der Waals surface area contributed by atoms with Crippen LogP contribution in [0.2, 0.25) is 0 Å². The highest BCUT2D eigenvalue weighted by atomic mass is 16.5. The highest BCUT2D eigenvalue weighted by Gasteiger charge is 2.07. The molecule has 1 aliphatic heterocycles. The summed E-state index contributed by atoms with van der Waals surface area (Å²) in [7, 11) is 0. The second-order valence-corrected chi connectivity index (χ2v) is 4.31. The zero-order valence-corrected chi connectivity index (χ0v) is 10.3. The Morgan fingerprint density at radius 3 is 2.62 bits per heavy atom. The van der Waals surface area contributed by atoms with E-state index in [9.17, 15) is 4.79 Å². The molecular weight excluding hydrogens is 202 g/mol. The van der Waals surface area contributed by atoms with Gasteiger partial charge in [-0.2, -0.15) is 0 Å². The lowest BCUT2D eigenvalue weighted by molar-refractivity contribution is -0.145. The Balaban J connectivity index is 2.14. The molecule has 0 bridgehead atoms. The summed E-state index contributed by atoms with van der Waals surface area (Å²) < 4.78 is 4.99. The maximum atomic E-state index is 10.7. The monoisotopic (exact) mass is 223 g/mol. The van der Waals surface area contributed by atoms with Gasteiger partial charge < -0.3 is 4.74 Å². The molecule has 0 aliphatic carbocycles. The number of esters is 1. The lowest BCUT2D eigenvalue weighted by Crippen LogP contribution is -2.29. The molecule has 1 heterocycles. The van der Waals surface area contributed by atoms with E-state index in [4.69, 9.17) is 4.74 Å². The fourth-order valence-corrected chi connectivity index (χ4v) is 1.83. The highest BCUT2D eigenvalue weighted by molar-refractivity contribution is 5.66. The molecule has 0 spiro atoms. The summed E-state index contributed by atoms with van der Waals surface area (Å²) in [5, 5.41) is 0. The Kier molecular flexibility index (Phi) is 5.95. The first-order chi connectivity index (χ1) is 7.68. The zero-order valence-electron chi connectivity index (χ0n) is 10.3. The van der Waals surface area contributed by atoms with Crippen LogP contribution in [-0.2, 0) is 9.53 Å². The van der Waals surface area contributed by atoms with Crippen LogP contribution < -0.4 is 0 Å². The quantitative estimate of drug-likeness (QED) is 0.540. The van der Waals surface area contributed by atoms with Gasteiger partial charge in [-0.15, -0.1) is 0 Å². The number of rotatable bonds is 3. The molecule has 1 aliphatic rings. The minimum Gasteiger partial charge on any atom is -0.462 e. The van der Waals surface area contributed by atoms with Crippen LogP contribution in [0.1, 0.15) is 39.5 Å². The number of hydrogen-bond donors (Lipinski definition) is 0. The second kappa shape index (κ2) is 7.29. The molecule has 1 saturated heterocycles. The first-order valence-corrected chi connectivity index (χ1v) is 6.04. The minimum absolute atomic E-state index is 0.0913. The summed E-state index contributed by atoms with van der Waals surface area (Å²) in [6, 6.07) is 0. The Hall–Kier alpha value is -1.01. The summed E-state index contributed by atoms with van der Waals surface area (Å²) in [4.78, 5) is 13.0. The summed E-state index contributed by atoms with van der Waals surface area (Å²) in [5.74, 6) is 5.98. The van der Waals surface area contributed by atoms with Gasteiger partial charge in [0.2, 0.25) is 0 Å². The lowest BCUT2D eigenvalue weighted by Gasteiger charge is -2.23. The van der Waals surface area contributed by atoms with Gasteiger partial charge in [-0.05, 0) is 32.9 Å². The Labute approximate surface area is 98.1 Å². The Morgan fingerprint density at radius 2 is 2.00 bits per heavy atom. The molecule has 0 saturated carbocycles. The van der Waals surface area contributed by atoms with Gasteiger partial charge in [-0.25, -0.2) is 0 Å². The number of piperidine rings is 1. The van der Waals surface area contributed by atoms with Crippen molar-refractivity contribution in [1.29, 1.82) is 0 Å². The molecular formula is C13H21NO2. The molecule has 1 fully saturated rings. The molecule has 0 aromatic heterocycles. The van der Waals surface area contributed by atoms with Gasteiger partial charge >= 0.3 is 5.97 Å². The van der Waals surface area contributed by atoms with Crippen LogP contribution in [0.25, 0.3) is 0 Å². The molecule has 0 N–H and O–H groups in total. The van der Waals surface area contributed by atoms with Gasteiger partial charge in [0.05, 0.1) is 6.54 Å². The van der Waals surface area contributed by atoms with Crippen molar-refractivity contribution in [2.75, 3.05) is 19.6 Å². The molecule has 3 heteroatoms. The maximum absolute atomic E-state index is 10.7. The predicted molar refractivity (Wildman–Crippen MR) is 63.9 cm³/mol. The third kappa shape index (κ3) is 5.77. The number of carbonyl (C=O) groups excluding carboxylic acids is 1. The number of nitrogens with zero attached hydrogens (tertiary/aromatic N) is 1. The second-order valence-electron chi connectivity index (χ2n) is 4.31. The minimum atomic E-state index is -0.231. The van der Waals surface area contributed by atoms with Gasteiger partial charge in [0.15, 0.2) is 0 Å². The molecule has 0 radical (unpaired) electrons. The van der Waals surface area contributed by atoms with E-state index in [0.29, 0.717) is 6.42 Å². The molecule has 90 valence electrons. The topological polar surface area (TPSA) is 29.5 Å². The summed E-state index contributed by atoms with van der Waals surface area (Å²) in [5.41, 5.74) is 0. The third-order valence-corrected chi connectivity index (χ3v) is 2.63. The highest BCUT2D eigenvalue weighted by Crippen LogP contribution is 2.07. The Bertz CT molecular complexity index is 271. The van der Waals surface area contributed by atoms with Crippen LogP contribution in [0.15, 0.2) is 0 Å². The fourth-order valence-electron chi connectivity index (χ4n) is 1.83. The van der Waals surface area contributed by atoms with Crippen LogP contribution in [0.4, 0.5) is 0 Å². The third-order valence-electron chi connectivity index (χ3n) is 2.63. The van der Waals surface area contributed by atoms with E-state index >= 15 is 0 Å². The van der Waals surface area contributed by atoms with E-state index in [-0.39, 0.29) is 12.1 Å². The van der Waals surface area contributed by atoms with E-state index in [1.807, 2.05) is 6.92 Å². The Morgan fingerprint density at radius 1 is 1.31 bits per heavy atom. The van der Waals surface area contributed by atoms with E-state index < -0.39 is 0 Å². The van der Waals surface area contributed by atoms with Crippen LogP contribution in [0, 0.1) is 11.8 Å². The SMILES string of the molecule is CC(=O)O[C@@H](C)CC#CCN1CCCCC1. The molecule has 1 rings (SSSR count). The lowest BCUT2D eigenvalue weighted by atomic mass is 10.1. The average Bonchev–Trinajstić information content (AvgIpc) is 2.25. The molecule has 0 amide bonds. The molecule has 3 nitrogen and oxygen atoms in total. The molecule has 0 aromatic carbocycles. The first kappa shape index (κ1) is 13.1. The predicted octanol–water partition coefficient (Wildman–Crippen LogP) is 1.82. The number of hydrogen-bond acceptors (Lipinski definition) is 3. The van der Waals surface area contributed by atoms with Gasteiger partial charge in [0.1, 0.15) is 6.10 Å². The van der Waals surface area contributed by atoms with Crippen molar-refractivity contribution < 1.29 is 9.53 Å². The number of ether oxygens (including phenoxy) is 1. The van der Waals surface area contributed by atoms with Gasteiger partial charge in [0, 0.05) is 13.3 Å². The van der Waals surface area contributed by atoms with Crippen molar-refractivity contribution in [1.82, 2.24) is 4.90 Å². The zero-order chi connectivity index (χ0) is 11.8. The normalized spacial score (nSPS) is 18.4. The summed E-state index contributed by atoms with van der Waals surface area (Å²) >= 11 is 0. The van der Waals surface area contributed by atoms with Crippen molar-refractivity contribution in [3.63, 3.8) is 0 Å². The summed E-state index contributed by atoms with van der Waals surface area (Å²) in [6.45, 7) is 6.50. The smallest absolute Gasteiger partial charge is 0.302 e. The van der Waals surface area contributed by atoms with Gasteiger partial charge in [-0.1, -0.05) is 18.3 Å². The van der Waals surface area contributed by atoms with E-state index in [0.717, 1.165) is 6.54 Å². The van der Waals surface area contributed by atoms with Crippen LogP contribution in [0.3, 0.4) is 0 Å². The molecule has 0 aromatic rings. The standard InChI is InChI=1S/C13H21NO2/c1-12(16-13(2)15)8-4-7-11-14-9-5-3-6-10-14/h12H,3,5-6,8-11H2,1-2H3/t12-/m0/s1. The van der Waals surface area contributed by atoms with E-state index in [1.165, 1.54) is 39.3 Å². The van der Waals surface area contributed by atoms with Crippen molar-refractivity contribution in [3.05, 3.63) is 0 Å². The largest absolute Gasteiger partial charge is 0.462 e. The van der Waals surface area contributed by atoms with E-state index in [2.05, 4.69) is 16.7 Å². The number of likely N-dealkylation sites (tertiary alicyclic amines) is 1. The van der Waals surface area contributed by atoms with Crippen molar-refractivity contribution in [2.24, 2.45) is 0 Å². The van der Waals surface area contributed by atoms with Gasteiger partial charge in [-0.3, -0.25) is 9.69 Å². The van der Waals surface area contributed by atoms with Crippen LogP contribution >= 0.6 is 0 Å². The van der Waals surface area contributed by atoms with Crippen molar-refractivity contribution in [2.45, 2.75) is 45.6 Å². The first-order valence-electron chi connectivity index (χ1n) is 6.04. The average molecular weight is 223 g/mol. The molecule has 0 unspecified atom stereocenters. The van der Waals surface area contributed by atoms with E-state index in [1.54, 1.807) is 0 Å². The van der Waals surface area contributed by atoms with Crippen LogP contribution in [0.5, 0.6) is 0 Å².